The van der Waals surface area contributed by atoms with Gasteiger partial charge in [-0.1, -0.05) is 103 Å². The van der Waals surface area contributed by atoms with Gasteiger partial charge in [-0.25, -0.2) is 19.6 Å². The quantitative estimate of drug-likeness (QED) is 0.0969. The van der Waals surface area contributed by atoms with Crippen LogP contribution >= 0.6 is 0 Å². The van der Waals surface area contributed by atoms with Crippen LogP contribution in [0.1, 0.15) is 32.7 Å². The summed E-state index contributed by atoms with van der Waals surface area (Å²) < 4.78 is 5.37. The van der Waals surface area contributed by atoms with Gasteiger partial charge in [0.15, 0.2) is 11.5 Å². The predicted molar refractivity (Wildman–Crippen MR) is 185 cm³/mol. The van der Waals surface area contributed by atoms with Crippen LogP contribution < -0.4 is 16.0 Å². The number of carboxylic acid groups (broad SMARTS) is 1. The molecule has 0 spiro atoms. The maximum Gasteiger partial charge on any atom is 0.358 e. The van der Waals surface area contributed by atoms with Crippen LogP contribution in [-0.2, 0) is 21.5 Å². The first-order valence-electron chi connectivity index (χ1n) is 15.4. The molecule has 0 bridgehead atoms. The Morgan fingerprint density at radius 1 is 0.714 bits per heavy atom. The van der Waals surface area contributed by atoms with E-state index in [-0.39, 0.29) is 12.2 Å². The number of methoxy groups -OCH3 is 1. The van der Waals surface area contributed by atoms with Gasteiger partial charge in [0.1, 0.15) is 6.04 Å². The highest BCUT2D eigenvalue weighted by Crippen LogP contribution is 2.38. The van der Waals surface area contributed by atoms with Crippen molar-refractivity contribution in [2.45, 2.75) is 18.0 Å². The van der Waals surface area contributed by atoms with E-state index in [9.17, 15) is 19.5 Å². The lowest BCUT2D eigenvalue weighted by atomic mass is 9.76. The molecule has 6 rings (SSSR count). The number of carbonyl (C=O) groups excluding carboxylic acids is 2. The summed E-state index contributed by atoms with van der Waals surface area (Å²) in [6.07, 6.45) is 4.32. The van der Waals surface area contributed by atoms with Crippen molar-refractivity contribution in [3.63, 3.8) is 0 Å². The van der Waals surface area contributed by atoms with E-state index in [2.05, 4.69) is 30.9 Å². The number of nitrogens with one attached hydrogen (secondary N) is 3. The number of hydrogen-bond acceptors (Lipinski definition) is 8. The van der Waals surface area contributed by atoms with Gasteiger partial charge in [-0.15, -0.1) is 0 Å². The van der Waals surface area contributed by atoms with Crippen molar-refractivity contribution in [3.8, 4) is 0 Å². The van der Waals surface area contributed by atoms with Gasteiger partial charge in [0.05, 0.1) is 23.9 Å². The minimum atomic E-state index is -1.33. The summed E-state index contributed by atoms with van der Waals surface area (Å²) in [6.45, 7) is 0. The summed E-state index contributed by atoms with van der Waals surface area (Å²) in [7, 11) is 1.37. The summed E-state index contributed by atoms with van der Waals surface area (Å²) in [6, 6.07) is 35.5. The molecule has 11 heteroatoms. The van der Waals surface area contributed by atoms with Crippen LogP contribution in [0.4, 0.5) is 16.3 Å². The van der Waals surface area contributed by atoms with Gasteiger partial charge in [0, 0.05) is 24.0 Å². The third-order valence-corrected chi connectivity index (χ3v) is 8.16. The fraction of sp³-hybridized carbons (Fsp3) is 0.105. The van der Waals surface area contributed by atoms with E-state index in [4.69, 9.17) is 4.74 Å². The van der Waals surface area contributed by atoms with E-state index in [0.717, 1.165) is 22.3 Å². The molecule has 0 aliphatic rings. The molecular weight excluding hydrogens is 620 g/mol. The number of aromatic carboxylic acids is 1. The molecule has 2 heterocycles. The maximum atomic E-state index is 13.7. The van der Waals surface area contributed by atoms with E-state index in [1.165, 1.54) is 19.5 Å². The normalized spacial score (nSPS) is 11.8. The molecule has 11 nitrogen and oxygen atoms in total. The van der Waals surface area contributed by atoms with E-state index in [0.29, 0.717) is 16.6 Å². The topological polar surface area (TPSA) is 155 Å². The highest BCUT2D eigenvalue weighted by atomic mass is 16.5. The zero-order chi connectivity index (χ0) is 34.2. The molecule has 0 saturated heterocycles. The van der Waals surface area contributed by atoms with Crippen molar-refractivity contribution in [2.24, 2.45) is 0 Å². The zero-order valence-corrected chi connectivity index (χ0v) is 26.4. The summed E-state index contributed by atoms with van der Waals surface area (Å²) in [5.41, 5.74) is 3.10. The van der Waals surface area contributed by atoms with E-state index < -0.39 is 35.2 Å². The standard InChI is InChI=1S/C38H32N6O5/c1-49-36(47)31(44-38(26-12-5-2-6-13-26,27-14-7-3-8-15-27)28-16-9-4-10-17-28)24-25-19-20-30(32-29(25)18-11-21-39-32)42-37(48)43-34-33(35(45)46)40-22-23-41-34/h2-23,31,44H,24H2,1H3,(H,45,46)(H2,41,42,43,48). The molecule has 4 N–H and O–H groups in total. The summed E-state index contributed by atoms with van der Waals surface area (Å²) in [5, 5.41) is 19.0. The Hall–Kier alpha value is -6.46. The zero-order valence-electron chi connectivity index (χ0n) is 26.4. The highest BCUT2D eigenvalue weighted by molar-refractivity contribution is 6.07. The predicted octanol–water partition coefficient (Wildman–Crippen LogP) is 6.03. The van der Waals surface area contributed by atoms with Gasteiger partial charge in [-0.3, -0.25) is 20.4 Å². The molecule has 0 fully saturated rings. The van der Waals surface area contributed by atoms with E-state index >= 15 is 0 Å². The fourth-order valence-electron chi connectivity index (χ4n) is 5.99. The number of amides is 2. The van der Waals surface area contributed by atoms with Crippen LogP contribution in [0.15, 0.2) is 134 Å². The number of anilines is 2. The number of carboxylic acids is 1. The first-order valence-corrected chi connectivity index (χ1v) is 15.4. The van der Waals surface area contributed by atoms with Gasteiger partial charge >= 0.3 is 18.0 Å². The number of carbonyl (C=O) groups is 3. The second-order valence-corrected chi connectivity index (χ2v) is 11.1. The first-order chi connectivity index (χ1) is 23.9. The minimum Gasteiger partial charge on any atom is -0.476 e. The van der Waals surface area contributed by atoms with Crippen molar-refractivity contribution in [2.75, 3.05) is 17.7 Å². The summed E-state index contributed by atoms with van der Waals surface area (Å²) in [5.74, 6) is -1.99. The Bertz CT molecular complexity index is 2000. The molecule has 4 aromatic carbocycles. The molecule has 0 aliphatic heterocycles. The maximum absolute atomic E-state index is 13.7. The lowest BCUT2D eigenvalue weighted by molar-refractivity contribution is -0.143. The molecule has 0 radical (unpaired) electrons. The largest absolute Gasteiger partial charge is 0.476 e. The smallest absolute Gasteiger partial charge is 0.358 e. The van der Waals surface area contributed by atoms with Crippen molar-refractivity contribution in [1.82, 2.24) is 20.3 Å². The second-order valence-electron chi connectivity index (χ2n) is 11.1. The number of benzene rings is 4. The number of rotatable bonds is 11. The Kier molecular flexibility index (Phi) is 9.63. The van der Waals surface area contributed by atoms with Crippen molar-refractivity contribution in [3.05, 3.63) is 162 Å². The lowest BCUT2D eigenvalue weighted by Gasteiger charge is -2.39. The molecule has 0 saturated carbocycles. The molecule has 0 aliphatic carbocycles. The Labute approximate surface area is 282 Å². The van der Waals surface area contributed by atoms with Gasteiger partial charge in [0.25, 0.3) is 0 Å². The number of esters is 1. The van der Waals surface area contributed by atoms with Crippen LogP contribution in [0.25, 0.3) is 10.9 Å². The molecular formula is C38H32N6O5. The van der Waals surface area contributed by atoms with Crippen LogP contribution in [0.3, 0.4) is 0 Å². The molecule has 1 atom stereocenters. The summed E-state index contributed by atoms with van der Waals surface area (Å²) >= 11 is 0. The molecule has 6 aromatic rings. The Morgan fingerprint density at radius 3 is 1.88 bits per heavy atom. The molecule has 49 heavy (non-hydrogen) atoms. The highest BCUT2D eigenvalue weighted by Gasteiger charge is 2.40. The Morgan fingerprint density at radius 2 is 1.31 bits per heavy atom. The number of aromatic nitrogens is 3. The van der Waals surface area contributed by atoms with Crippen LogP contribution in [0.2, 0.25) is 0 Å². The van der Waals surface area contributed by atoms with Gasteiger partial charge in [0.2, 0.25) is 0 Å². The monoisotopic (exact) mass is 652 g/mol. The molecule has 2 aromatic heterocycles. The molecule has 2 amide bonds. The van der Waals surface area contributed by atoms with Gasteiger partial charge in [-0.05, 0) is 40.8 Å². The number of ether oxygens (including phenoxy) is 1. The van der Waals surface area contributed by atoms with Crippen LogP contribution in [0, 0.1) is 0 Å². The third kappa shape index (κ3) is 6.83. The van der Waals surface area contributed by atoms with Gasteiger partial charge < -0.3 is 15.2 Å². The number of hydrogen-bond donors (Lipinski definition) is 4. The van der Waals surface area contributed by atoms with E-state index in [1.807, 2.05) is 103 Å². The van der Waals surface area contributed by atoms with Crippen LogP contribution in [-0.4, -0.2) is 51.2 Å². The average molecular weight is 653 g/mol. The molecule has 244 valence electrons. The number of fused-ring (bicyclic) bond motifs is 1. The lowest BCUT2D eigenvalue weighted by Crippen LogP contribution is -2.53. The van der Waals surface area contributed by atoms with Crippen molar-refractivity contribution < 1.29 is 24.2 Å². The number of urea groups is 1. The summed E-state index contributed by atoms with van der Waals surface area (Å²) in [4.78, 5) is 50.4. The minimum absolute atomic E-state index is 0.202. The van der Waals surface area contributed by atoms with Crippen molar-refractivity contribution in [1.29, 1.82) is 0 Å². The number of pyridine rings is 1. The second kappa shape index (κ2) is 14.5. The third-order valence-electron chi connectivity index (χ3n) is 8.16. The van der Waals surface area contributed by atoms with Crippen LogP contribution in [0.5, 0.6) is 0 Å². The molecule has 1 unspecified atom stereocenters. The van der Waals surface area contributed by atoms with E-state index in [1.54, 1.807) is 18.3 Å². The average Bonchev–Trinajstić information content (AvgIpc) is 3.15. The SMILES string of the molecule is COC(=O)C(Cc1ccc(NC(=O)Nc2nccnc2C(=O)O)c2ncccc12)NC(c1ccccc1)(c1ccccc1)c1ccccc1. The fourth-order valence-corrected chi connectivity index (χ4v) is 5.99. The first kappa shape index (κ1) is 32.5. The Balaban J connectivity index is 1.38. The van der Waals surface area contributed by atoms with Gasteiger partial charge in [-0.2, -0.15) is 0 Å². The van der Waals surface area contributed by atoms with Crippen molar-refractivity contribution >= 4 is 40.4 Å². The number of nitrogens with zero attached hydrogens (tertiary/aromatic N) is 3.